The molecule has 0 atom stereocenters. The van der Waals surface area contributed by atoms with Gasteiger partial charge in [0, 0.05) is 19.2 Å². The summed E-state index contributed by atoms with van der Waals surface area (Å²) in [4.78, 5) is 4.28. The van der Waals surface area contributed by atoms with Crippen LogP contribution in [0.15, 0.2) is 53.5 Å². The highest BCUT2D eigenvalue weighted by Gasteiger charge is 2.00. The summed E-state index contributed by atoms with van der Waals surface area (Å²) in [6.45, 7) is 1.76. The van der Waals surface area contributed by atoms with Crippen LogP contribution >= 0.6 is 24.8 Å². The first-order valence-corrected chi connectivity index (χ1v) is 7.89. The molecule has 0 saturated heterocycles. The molecule has 0 fully saturated rings. The summed E-state index contributed by atoms with van der Waals surface area (Å²) in [5.41, 5.74) is 16.3. The third kappa shape index (κ3) is 7.88. The summed E-state index contributed by atoms with van der Waals surface area (Å²) in [6, 6.07) is 16.8. The van der Waals surface area contributed by atoms with E-state index in [1.54, 1.807) is 7.11 Å². The average molecular weight is 384 g/mol. The van der Waals surface area contributed by atoms with Gasteiger partial charge in [-0.2, -0.15) is 0 Å². The second-order valence-corrected chi connectivity index (χ2v) is 5.48. The van der Waals surface area contributed by atoms with Crippen LogP contribution in [0.1, 0.15) is 22.3 Å². The van der Waals surface area contributed by atoms with Crippen molar-refractivity contribution in [1.82, 2.24) is 0 Å². The number of ether oxygens (including phenoxy) is 1. The monoisotopic (exact) mass is 383 g/mol. The van der Waals surface area contributed by atoms with E-state index in [2.05, 4.69) is 41.4 Å². The van der Waals surface area contributed by atoms with Crippen LogP contribution in [0.2, 0.25) is 0 Å². The standard InChI is InChI=1S/C19H25N3O.2ClH/c1-23-13-12-22-19(21)18-10-8-16(9-11-18)3-2-15-4-6-17(14-20)7-5-15;;/h4-11H,2-3,12-14,20H2,1H3,(H2,21,22);2*1H. The maximum atomic E-state index is 5.96. The Balaban J connectivity index is 0.00000288. The second kappa shape index (κ2) is 12.7. The Morgan fingerprint density at radius 1 is 0.880 bits per heavy atom. The van der Waals surface area contributed by atoms with E-state index in [4.69, 9.17) is 16.2 Å². The number of benzene rings is 2. The van der Waals surface area contributed by atoms with Gasteiger partial charge in [-0.15, -0.1) is 24.8 Å². The first kappa shape index (κ1) is 23.4. The first-order chi connectivity index (χ1) is 11.2. The lowest BCUT2D eigenvalue weighted by Crippen LogP contribution is -2.14. The van der Waals surface area contributed by atoms with Gasteiger partial charge in [0.2, 0.25) is 0 Å². The molecular formula is C19H27Cl2N3O. The Labute approximate surface area is 162 Å². The average Bonchev–Trinajstić information content (AvgIpc) is 2.61. The van der Waals surface area contributed by atoms with Crippen LogP contribution in [0.4, 0.5) is 0 Å². The van der Waals surface area contributed by atoms with E-state index in [1.807, 2.05) is 12.1 Å². The summed E-state index contributed by atoms with van der Waals surface area (Å²) in [6.07, 6.45) is 2.02. The number of nitrogens with two attached hydrogens (primary N) is 2. The Kier molecular flexibility index (Phi) is 11.9. The van der Waals surface area contributed by atoms with E-state index in [-0.39, 0.29) is 24.8 Å². The molecule has 0 aliphatic rings. The molecule has 0 amide bonds. The van der Waals surface area contributed by atoms with Gasteiger partial charge in [-0.3, -0.25) is 4.99 Å². The summed E-state index contributed by atoms with van der Waals surface area (Å²) >= 11 is 0. The molecule has 4 nitrogen and oxygen atoms in total. The van der Waals surface area contributed by atoms with Gasteiger partial charge in [0.1, 0.15) is 5.84 Å². The number of halogens is 2. The highest BCUT2D eigenvalue weighted by atomic mass is 35.5. The molecule has 0 aliphatic carbocycles. The molecule has 0 aromatic heterocycles. The molecule has 25 heavy (non-hydrogen) atoms. The van der Waals surface area contributed by atoms with Gasteiger partial charge in [0.15, 0.2) is 0 Å². The lowest BCUT2D eigenvalue weighted by atomic mass is 10.0. The zero-order valence-corrected chi connectivity index (χ0v) is 16.1. The maximum Gasteiger partial charge on any atom is 0.125 e. The first-order valence-electron chi connectivity index (χ1n) is 7.89. The zero-order chi connectivity index (χ0) is 16.5. The van der Waals surface area contributed by atoms with Crippen LogP contribution in [0.5, 0.6) is 0 Å². The molecule has 0 unspecified atom stereocenters. The number of amidine groups is 1. The van der Waals surface area contributed by atoms with Crippen LogP contribution < -0.4 is 11.5 Å². The van der Waals surface area contributed by atoms with Gasteiger partial charge < -0.3 is 16.2 Å². The number of aryl methyl sites for hydroxylation is 2. The predicted molar refractivity (Wildman–Crippen MR) is 110 cm³/mol. The topological polar surface area (TPSA) is 73.6 Å². The predicted octanol–water partition coefficient (Wildman–Crippen LogP) is 3.13. The summed E-state index contributed by atoms with van der Waals surface area (Å²) < 4.78 is 4.97. The molecule has 0 spiro atoms. The van der Waals surface area contributed by atoms with E-state index in [9.17, 15) is 0 Å². The number of nitrogens with zero attached hydrogens (tertiary/aromatic N) is 1. The summed E-state index contributed by atoms with van der Waals surface area (Å²) in [7, 11) is 1.66. The Hall–Kier alpha value is -1.59. The fourth-order valence-corrected chi connectivity index (χ4v) is 2.32. The fourth-order valence-electron chi connectivity index (χ4n) is 2.32. The van der Waals surface area contributed by atoms with E-state index in [0.717, 1.165) is 18.4 Å². The molecule has 2 aromatic carbocycles. The second-order valence-electron chi connectivity index (χ2n) is 5.48. The number of aliphatic imine (C=N–C) groups is 1. The van der Waals surface area contributed by atoms with Crippen molar-refractivity contribution >= 4 is 30.6 Å². The highest BCUT2D eigenvalue weighted by molar-refractivity contribution is 5.97. The molecule has 0 aliphatic heterocycles. The molecular weight excluding hydrogens is 357 g/mol. The van der Waals surface area contributed by atoms with Crippen LogP contribution in [0.25, 0.3) is 0 Å². The molecule has 4 N–H and O–H groups in total. The SMILES string of the molecule is COCCN=C(N)c1ccc(CCc2ccc(CN)cc2)cc1.Cl.Cl. The molecule has 0 heterocycles. The molecule has 138 valence electrons. The van der Waals surface area contributed by atoms with Gasteiger partial charge in [-0.05, 0) is 29.5 Å². The van der Waals surface area contributed by atoms with Gasteiger partial charge in [0.25, 0.3) is 0 Å². The van der Waals surface area contributed by atoms with Gasteiger partial charge in [0.05, 0.1) is 13.2 Å². The minimum atomic E-state index is 0. The van der Waals surface area contributed by atoms with E-state index >= 15 is 0 Å². The van der Waals surface area contributed by atoms with Crippen molar-refractivity contribution in [3.63, 3.8) is 0 Å². The van der Waals surface area contributed by atoms with E-state index < -0.39 is 0 Å². The Bertz CT molecular complexity index is 628. The van der Waals surface area contributed by atoms with Crippen molar-refractivity contribution in [1.29, 1.82) is 0 Å². The van der Waals surface area contributed by atoms with Gasteiger partial charge in [-0.1, -0.05) is 48.5 Å². The minimum absolute atomic E-state index is 0. The number of rotatable bonds is 8. The maximum absolute atomic E-state index is 5.96. The van der Waals surface area contributed by atoms with E-state index in [0.29, 0.717) is 25.5 Å². The van der Waals surface area contributed by atoms with Crippen molar-refractivity contribution in [2.24, 2.45) is 16.5 Å². The third-order valence-electron chi connectivity index (χ3n) is 3.79. The molecule has 6 heteroatoms. The Morgan fingerprint density at radius 3 is 1.84 bits per heavy atom. The van der Waals surface area contributed by atoms with Gasteiger partial charge >= 0.3 is 0 Å². The van der Waals surface area contributed by atoms with Crippen molar-refractivity contribution < 1.29 is 4.74 Å². The van der Waals surface area contributed by atoms with Crippen molar-refractivity contribution in [3.05, 3.63) is 70.8 Å². The Morgan fingerprint density at radius 2 is 1.36 bits per heavy atom. The number of hydrogen-bond donors (Lipinski definition) is 2. The van der Waals surface area contributed by atoms with Crippen molar-refractivity contribution in [2.45, 2.75) is 19.4 Å². The summed E-state index contributed by atoms with van der Waals surface area (Å²) in [5.74, 6) is 0.561. The third-order valence-corrected chi connectivity index (χ3v) is 3.79. The lowest BCUT2D eigenvalue weighted by molar-refractivity contribution is 0.208. The molecule has 0 saturated carbocycles. The zero-order valence-electron chi connectivity index (χ0n) is 14.5. The highest BCUT2D eigenvalue weighted by Crippen LogP contribution is 2.10. The molecule has 2 aromatic rings. The van der Waals surface area contributed by atoms with Crippen molar-refractivity contribution in [3.8, 4) is 0 Å². The minimum Gasteiger partial charge on any atom is -0.384 e. The smallest absolute Gasteiger partial charge is 0.125 e. The van der Waals surface area contributed by atoms with Crippen LogP contribution in [0.3, 0.4) is 0 Å². The van der Waals surface area contributed by atoms with Crippen LogP contribution in [-0.2, 0) is 24.1 Å². The van der Waals surface area contributed by atoms with Crippen LogP contribution in [-0.4, -0.2) is 26.1 Å². The normalized spacial score (nSPS) is 10.7. The van der Waals surface area contributed by atoms with Gasteiger partial charge in [-0.25, -0.2) is 0 Å². The largest absolute Gasteiger partial charge is 0.384 e. The quantitative estimate of drug-likeness (QED) is 0.417. The number of methoxy groups -OCH3 is 1. The molecule has 0 bridgehead atoms. The fraction of sp³-hybridized carbons (Fsp3) is 0.316. The van der Waals surface area contributed by atoms with E-state index in [1.165, 1.54) is 16.7 Å². The molecule has 0 radical (unpaired) electrons. The molecule has 2 rings (SSSR count). The van der Waals surface area contributed by atoms with Crippen molar-refractivity contribution in [2.75, 3.05) is 20.3 Å². The lowest BCUT2D eigenvalue weighted by Gasteiger charge is -2.06. The number of hydrogen-bond acceptors (Lipinski definition) is 3. The summed E-state index contributed by atoms with van der Waals surface area (Å²) in [5, 5.41) is 0. The van der Waals surface area contributed by atoms with Crippen LogP contribution in [0, 0.1) is 0 Å².